The Labute approximate surface area is 91.4 Å². The van der Waals surface area contributed by atoms with Gasteiger partial charge < -0.3 is 11.1 Å². The van der Waals surface area contributed by atoms with Crippen LogP contribution in [0.3, 0.4) is 0 Å². The van der Waals surface area contributed by atoms with E-state index in [1.807, 2.05) is 27.7 Å². The van der Waals surface area contributed by atoms with Crippen molar-refractivity contribution in [1.82, 2.24) is 5.32 Å². The molecule has 0 rings (SSSR count). The molecule has 0 aliphatic carbocycles. The molecule has 0 radical (unpaired) electrons. The van der Waals surface area contributed by atoms with Crippen LogP contribution < -0.4 is 11.1 Å². The maximum atomic E-state index is 11.7. The van der Waals surface area contributed by atoms with Gasteiger partial charge in [-0.15, -0.1) is 0 Å². The van der Waals surface area contributed by atoms with Crippen LogP contribution in [0.5, 0.6) is 0 Å². The lowest BCUT2D eigenvalue weighted by Crippen LogP contribution is -2.42. The lowest BCUT2D eigenvalue weighted by Gasteiger charge is -2.24. The van der Waals surface area contributed by atoms with Gasteiger partial charge in [-0.3, -0.25) is 4.79 Å². The topological polar surface area (TPSA) is 55.1 Å². The van der Waals surface area contributed by atoms with Gasteiger partial charge in [-0.2, -0.15) is 0 Å². The molecular weight excluding hydrogens is 196 g/mol. The van der Waals surface area contributed by atoms with Crippen molar-refractivity contribution >= 4 is 23.1 Å². The zero-order valence-corrected chi connectivity index (χ0v) is 10.2. The van der Waals surface area contributed by atoms with Crippen molar-refractivity contribution in [2.45, 2.75) is 46.6 Å². The molecule has 0 heterocycles. The van der Waals surface area contributed by atoms with Gasteiger partial charge in [0, 0.05) is 17.9 Å². The molecule has 0 aromatic carbocycles. The van der Waals surface area contributed by atoms with Crippen LogP contribution in [0, 0.1) is 5.41 Å². The first-order valence-electron chi connectivity index (χ1n) is 4.89. The Balaban J connectivity index is 4.12. The van der Waals surface area contributed by atoms with Crippen LogP contribution in [-0.4, -0.2) is 16.9 Å². The summed E-state index contributed by atoms with van der Waals surface area (Å²) in [6.07, 6.45) is 1.37. The van der Waals surface area contributed by atoms with Crippen molar-refractivity contribution in [2.75, 3.05) is 0 Å². The number of nitrogens with one attached hydrogen (secondary N) is 1. The molecule has 3 N–H and O–H groups in total. The van der Waals surface area contributed by atoms with Gasteiger partial charge in [0.1, 0.15) is 0 Å². The summed E-state index contributed by atoms with van der Waals surface area (Å²) in [5.74, 6) is 0.0590. The molecule has 4 heteroatoms. The first-order valence-corrected chi connectivity index (χ1v) is 5.29. The third-order valence-corrected chi connectivity index (χ3v) is 2.55. The second-order valence-corrected chi connectivity index (χ2v) is 4.81. The van der Waals surface area contributed by atoms with E-state index in [4.69, 9.17) is 18.0 Å². The Hall–Kier alpha value is -0.640. The third kappa shape index (κ3) is 4.56. The molecule has 0 bridgehead atoms. The third-order valence-electron chi connectivity index (χ3n) is 2.38. The molecule has 0 aromatic heterocycles. The van der Waals surface area contributed by atoms with Crippen LogP contribution in [0.25, 0.3) is 0 Å². The molecule has 82 valence electrons. The number of rotatable bonds is 5. The highest BCUT2D eigenvalue weighted by Gasteiger charge is 2.26. The van der Waals surface area contributed by atoms with E-state index in [1.54, 1.807) is 0 Å². The number of amides is 1. The average molecular weight is 216 g/mol. The van der Waals surface area contributed by atoms with Gasteiger partial charge in [-0.05, 0) is 13.3 Å². The molecule has 1 atom stereocenters. The first kappa shape index (κ1) is 13.4. The quantitative estimate of drug-likeness (QED) is 0.686. The smallest absolute Gasteiger partial charge is 0.225 e. The fourth-order valence-electron chi connectivity index (χ4n) is 0.933. The van der Waals surface area contributed by atoms with Gasteiger partial charge >= 0.3 is 0 Å². The molecular formula is C10H20N2OS. The van der Waals surface area contributed by atoms with Crippen LogP contribution in [0.15, 0.2) is 0 Å². The Kier molecular flexibility index (Phi) is 5.05. The summed E-state index contributed by atoms with van der Waals surface area (Å²) in [4.78, 5) is 12.1. The highest BCUT2D eigenvalue weighted by molar-refractivity contribution is 7.80. The molecule has 3 nitrogen and oxygen atoms in total. The number of thiocarbonyl (C=S) groups is 1. The maximum Gasteiger partial charge on any atom is 0.225 e. The fraction of sp³-hybridized carbons (Fsp3) is 0.800. The van der Waals surface area contributed by atoms with Crippen molar-refractivity contribution in [1.29, 1.82) is 0 Å². The summed E-state index contributed by atoms with van der Waals surface area (Å²) < 4.78 is 0. The second kappa shape index (κ2) is 5.29. The number of nitrogens with two attached hydrogens (primary N) is 1. The molecule has 1 amide bonds. The van der Waals surface area contributed by atoms with E-state index in [1.165, 1.54) is 0 Å². The SMILES string of the molecule is CCC(C)(C)C(=O)NC(C)CC(N)=S. The van der Waals surface area contributed by atoms with E-state index >= 15 is 0 Å². The highest BCUT2D eigenvalue weighted by atomic mass is 32.1. The molecule has 0 fully saturated rings. The van der Waals surface area contributed by atoms with E-state index in [-0.39, 0.29) is 17.4 Å². The second-order valence-electron chi connectivity index (χ2n) is 4.28. The van der Waals surface area contributed by atoms with Crippen LogP contribution in [0.1, 0.15) is 40.5 Å². The van der Waals surface area contributed by atoms with Gasteiger partial charge in [-0.1, -0.05) is 33.0 Å². The van der Waals surface area contributed by atoms with Crippen molar-refractivity contribution in [3.05, 3.63) is 0 Å². The molecule has 14 heavy (non-hydrogen) atoms. The van der Waals surface area contributed by atoms with Gasteiger partial charge in [0.05, 0.1) is 4.99 Å². The number of hydrogen-bond acceptors (Lipinski definition) is 2. The van der Waals surface area contributed by atoms with Crippen LogP contribution in [-0.2, 0) is 4.79 Å². The molecule has 0 saturated carbocycles. The molecule has 0 aliphatic rings. The highest BCUT2D eigenvalue weighted by Crippen LogP contribution is 2.19. The Morgan fingerprint density at radius 2 is 2.07 bits per heavy atom. The van der Waals surface area contributed by atoms with E-state index < -0.39 is 0 Å². The minimum Gasteiger partial charge on any atom is -0.393 e. The normalized spacial score (nSPS) is 13.4. The van der Waals surface area contributed by atoms with Crippen LogP contribution in [0.2, 0.25) is 0 Å². The number of carbonyl (C=O) groups excluding carboxylic acids is 1. The van der Waals surface area contributed by atoms with Crippen molar-refractivity contribution in [2.24, 2.45) is 11.1 Å². The zero-order valence-electron chi connectivity index (χ0n) is 9.39. The lowest BCUT2D eigenvalue weighted by molar-refractivity contribution is -0.130. The summed E-state index contributed by atoms with van der Waals surface area (Å²) in [7, 11) is 0. The summed E-state index contributed by atoms with van der Waals surface area (Å²) in [6.45, 7) is 7.76. The van der Waals surface area contributed by atoms with E-state index in [0.29, 0.717) is 11.4 Å². The van der Waals surface area contributed by atoms with Gasteiger partial charge in [0.25, 0.3) is 0 Å². The van der Waals surface area contributed by atoms with Crippen LogP contribution in [0.4, 0.5) is 0 Å². The molecule has 0 aliphatic heterocycles. The summed E-state index contributed by atoms with van der Waals surface area (Å²) in [5.41, 5.74) is 5.08. The van der Waals surface area contributed by atoms with Gasteiger partial charge in [0.2, 0.25) is 5.91 Å². The zero-order chi connectivity index (χ0) is 11.4. The summed E-state index contributed by atoms with van der Waals surface area (Å²) in [5, 5.41) is 2.90. The monoisotopic (exact) mass is 216 g/mol. The summed E-state index contributed by atoms with van der Waals surface area (Å²) in [6, 6.07) is 0.0193. The van der Waals surface area contributed by atoms with Crippen molar-refractivity contribution in [3.8, 4) is 0 Å². The Morgan fingerprint density at radius 1 is 1.57 bits per heavy atom. The molecule has 1 unspecified atom stereocenters. The molecule has 0 aromatic rings. The average Bonchev–Trinajstić information content (AvgIpc) is 2.02. The fourth-order valence-corrected chi connectivity index (χ4v) is 1.18. The van der Waals surface area contributed by atoms with E-state index in [0.717, 1.165) is 6.42 Å². The predicted octanol–water partition coefficient (Wildman–Crippen LogP) is 1.60. The predicted molar refractivity (Wildman–Crippen MR) is 63.1 cm³/mol. The standard InChI is InChI=1S/C10H20N2OS/c1-5-10(3,4)9(13)12-7(2)6-8(11)14/h7H,5-6H2,1-4H3,(H2,11,14)(H,12,13). The number of carbonyl (C=O) groups is 1. The Morgan fingerprint density at radius 3 is 2.43 bits per heavy atom. The number of hydrogen-bond donors (Lipinski definition) is 2. The van der Waals surface area contributed by atoms with E-state index in [9.17, 15) is 4.79 Å². The lowest BCUT2D eigenvalue weighted by atomic mass is 9.89. The first-order chi connectivity index (χ1) is 6.29. The largest absolute Gasteiger partial charge is 0.393 e. The Bertz CT molecular complexity index is 226. The van der Waals surface area contributed by atoms with Crippen LogP contribution >= 0.6 is 12.2 Å². The summed E-state index contributed by atoms with van der Waals surface area (Å²) >= 11 is 4.77. The molecule has 0 spiro atoms. The van der Waals surface area contributed by atoms with Gasteiger partial charge in [-0.25, -0.2) is 0 Å². The van der Waals surface area contributed by atoms with Gasteiger partial charge in [0.15, 0.2) is 0 Å². The van der Waals surface area contributed by atoms with Crippen molar-refractivity contribution < 1.29 is 4.79 Å². The van der Waals surface area contributed by atoms with E-state index in [2.05, 4.69) is 5.32 Å². The maximum absolute atomic E-state index is 11.7. The minimum atomic E-state index is -0.315. The van der Waals surface area contributed by atoms with Crippen molar-refractivity contribution in [3.63, 3.8) is 0 Å². The minimum absolute atomic E-state index is 0.0193. The molecule has 0 saturated heterocycles.